The van der Waals surface area contributed by atoms with Gasteiger partial charge in [0, 0.05) is 5.38 Å². The van der Waals surface area contributed by atoms with Crippen LogP contribution in [0.1, 0.15) is 29.3 Å². The quantitative estimate of drug-likeness (QED) is 0.727. The minimum absolute atomic E-state index is 0.320. The van der Waals surface area contributed by atoms with E-state index in [1.807, 2.05) is 13.8 Å². The van der Waals surface area contributed by atoms with Gasteiger partial charge in [-0.05, 0) is 13.8 Å². The molecule has 1 rings (SSSR count). The Kier molecular flexibility index (Phi) is 2.68. The summed E-state index contributed by atoms with van der Waals surface area (Å²) in [5, 5.41) is 2.38. The van der Waals surface area contributed by atoms with Gasteiger partial charge in [0.2, 0.25) is 0 Å². The van der Waals surface area contributed by atoms with Crippen molar-refractivity contribution in [1.82, 2.24) is 4.98 Å². The second kappa shape index (κ2) is 3.43. The number of thiazole rings is 1. The van der Waals surface area contributed by atoms with E-state index in [2.05, 4.69) is 9.72 Å². The van der Waals surface area contributed by atoms with Gasteiger partial charge in [0.1, 0.15) is 5.01 Å². The Hall–Kier alpha value is -0.940. The van der Waals surface area contributed by atoms with E-state index in [0.29, 0.717) is 5.69 Å². The van der Waals surface area contributed by atoms with Gasteiger partial charge in [0.25, 0.3) is 0 Å². The summed E-state index contributed by atoms with van der Waals surface area (Å²) in [4.78, 5) is 15.1. The van der Waals surface area contributed by atoms with Crippen LogP contribution in [0.15, 0.2) is 5.38 Å². The molecule has 0 saturated heterocycles. The van der Waals surface area contributed by atoms with Crippen LogP contribution < -0.4 is 5.73 Å². The fourth-order valence-electron chi connectivity index (χ4n) is 0.768. The van der Waals surface area contributed by atoms with E-state index in [-0.39, 0.29) is 0 Å². The van der Waals surface area contributed by atoms with Crippen molar-refractivity contribution in [3.8, 4) is 0 Å². The molecule has 0 saturated carbocycles. The third-order valence-electron chi connectivity index (χ3n) is 1.45. The van der Waals surface area contributed by atoms with Crippen molar-refractivity contribution in [3.63, 3.8) is 0 Å². The molecular weight excluding hydrogens is 188 g/mol. The summed E-state index contributed by atoms with van der Waals surface area (Å²) < 4.78 is 4.53. The summed E-state index contributed by atoms with van der Waals surface area (Å²) in [6, 6.07) is 0. The highest BCUT2D eigenvalue weighted by Gasteiger charge is 2.20. The molecule has 4 nitrogen and oxygen atoms in total. The molecule has 0 fully saturated rings. The number of methoxy groups -OCH3 is 1. The molecule has 0 aliphatic rings. The topological polar surface area (TPSA) is 65.2 Å². The third kappa shape index (κ3) is 2.26. The zero-order chi connectivity index (χ0) is 10.1. The van der Waals surface area contributed by atoms with E-state index in [4.69, 9.17) is 5.73 Å². The van der Waals surface area contributed by atoms with Gasteiger partial charge in [-0.25, -0.2) is 9.78 Å². The number of carbonyl (C=O) groups is 1. The Labute approximate surface area is 80.7 Å². The Morgan fingerprint density at radius 2 is 2.31 bits per heavy atom. The first kappa shape index (κ1) is 10.1. The van der Waals surface area contributed by atoms with Crippen molar-refractivity contribution in [1.29, 1.82) is 0 Å². The number of ether oxygens (including phenoxy) is 1. The predicted octanol–water partition coefficient (Wildman–Crippen LogP) is 1.12. The molecule has 0 atom stereocenters. The van der Waals surface area contributed by atoms with Gasteiger partial charge < -0.3 is 10.5 Å². The first-order valence-corrected chi connectivity index (χ1v) is 4.66. The maximum absolute atomic E-state index is 11.0. The van der Waals surface area contributed by atoms with E-state index < -0.39 is 11.5 Å². The number of nitrogens with zero attached hydrogens (tertiary/aromatic N) is 1. The van der Waals surface area contributed by atoms with E-state index >= 15 is 0 Å². The fourth-order valence-corrected chi connectivity index (χ4v) is 1.59. The molecule has 0 aliphatic heterocycles. The SMILES string of the molecule is COC(=O)c1csc(C(C)(C)N)n1. The summed E-state index contributed by atoms with van der Waals surface area (Å²) in [5.41, 5.74) is 5.62. The molecule has 0 unspecified atom stereocenters. The van der Waals surface area contributed by atoms with Crippen LogP contribution in [0, 0.1) is 0 Å². The normalized spacial score (nSPS) is 11.4. The van der Waals surface area contributed by atoms with Gasteiger partial charge in [0.15, 0.2) is 5.69 Å². The maximum Gasteiger partial charge on any atom is 0.357 e. The molecule has 1 aromatic rings. The van der Waals surface area contributed by atoms with Crippen LogP contribution in [0.25, 0.3) is 0 Å². The summed E-state index contributed by atoms with van der Waals surface area (Å²) in [6.45, 7) is 3.68. The van der Waals surface area contributed by atoms with E-state index in [1.54, 1.807) is 5.38 Å². The maximum atomic E-state index is 11.0. The van der Waals surface area contributed by atoms with E-state index in [0.717, 1.165) is 5.01 Å². The first-order chi connectivity index (χ1) is 5.95. The number of hydrogen-bond donors (Lipinski definition) is 1. The number of aromatic nitrogens is 1. The number of nitrogens with two attached hydrogens (primary N) is 1. The first-order valence-electron chi connectivity index (χ1n) is 3.78. The van der Waals surface area contributed by atoms with Crippen molar-refractivity contribution in [2.75, 3.05) is 7.11 Å². The molecule has 0 spiro atoms. The van der Waals surface area contributed by atoms with Gasteiger partial charge >= 0.3 is 5.97 Å². The van der Waals surface area contributed by atoms with Crippen LogP contribution in [0.3, 0.4) is 0 Å². The summed E-state index contributed by atoms with van der Waals surface area (Å²) in [6.07, 6.45) is 0. The van der Waals surface area contributed by atoms with Gasteiger partial charge in [-0.15, -0.1) is 11.3 Å². The average Bonchev–Trinajstić information content (AvgIpc) is 2.50. The predicted molar refractivity (Wildman–Crippen MR) is 50.7 cm³/mol. The summed E-state index contributed by atoms with van der Waals surface area (Å²) in [7, 11) is 1.33. The molecule has 0 radical (unpaired) electrons. The molecule has 13 heavy (non-hydrogen) atoms. The van der Waals surface area contributed by atoms with Gasteiger partial charge in [0.05, 0.1) is 12.6 Å². The molecule has 0 aromatic carbocycles. The van der Waals surface area contributed by atoms with E-state index in [9.17, 15) is 4.79 Å². The highest BCUT2D eigenvalue weighted by atomic mass is 32.1. The molecule has 5 heteroatoms. The third-order valence-corrected chi connectivity index (χ3v) is 2.63. The zero-order valence-corrected chi connectivity index (χ0v) is 8.64. The smallest absolute Gasteiger partial charge is 0.357 e. The van der Waals surface area contributed by atoms with Crippen molar-refractivity contribution in [2.24, 2.45) is 5.73 Å². The van der Waals surface area contributed by atoms with Crippen molar-refractivity contribution in [3.05, 3.63) is 16.1 Å². The monoisotopic (exact) mass is 200 g/mol. The number of esters is 1. The lowest BCUT2D eigenvalue weighted by molar-refractivity contribution is 0.0594. The summed E-state index contributed by atoms with van der Waals surface area (Å²) >= 11 is 1.36. The van der Waals surface area contributed by atoms with Crippen molar-refractivity contribution in [2.45, 2.75) is 19.4 Å². The lowest BCUT2D eigenvalue weighted by Crippen LogP contribution is -2.28. The highest BCUT2D eigenvalue weighted by Crippen LogP contribution is 2.21. The second-order valence-corrected chi connectivity index (χ2v) is 4.11. The Balaban J connectivity index is 2.93. The minimum Gasteiger partial charge on any atom is -0.464 e. The second-order valence-electron chi connectivity index (χ2n) is 3.25. The minimum atomic E-state index is -0.503. The molecule has 1 aromatic heterocycles. The van der Waals surface area contributed by atoms with Crippen LogP contribution in [0.4, 0.5) is 0 Å². The van der Waals surface area contributed by atoms with Crippen LogP contribution in [0.5, 0.6) is 0 Å². The number of hydrogen-bond acceptors (Lipinski definition) is 5. The van der Waals surface area contributed by atoms with Gasteiger partial charge in [-0.1, -0.05) is 0 Å². The molecule has 0 amide bonds. The van der Waals surface area contributed by atoms with E-state index in [1.165, 1.54) is 18.4 Å². The largest absolute Gasteiger partial charge is 0.464 e. The van der Waals surface area contributed by atoms with Gasteiger partial charge in [-0.3, -0.25) is 0 Å². The Morgan fingerprint density at radius 1 is 1.69 bits per heavy atom. The van der Waals surface area contributed by atoms with Crippen molar-refractivity contribution < 1.29 is 9.53 Å². The molecule has 72 valence electrons. The van der Waals surface area contributed by atoms with Crippen molar-refractivity contribution >= 4 is 17.3 Å². The lowest BCUT2D eigenvalue weighted by atomic mass is 10.1. The van der Waals surface area contributed by atoms with Gasteiger partial charge in [-0.2, -0.15) is 0 Å². The molecule has 0 aliphatic carbocycles. The molecule has 1 heterocycles. The molecule has 0 bridgehead atoms. The average molecular weight is 200 g/mol. The molecular formula is C8H12N2O2S. The lowest BCUT2D eigenvalue weighted by Gasteiger charge is -2.13. The highest BCUT2D eigenvalue weighted by molar-refractivity contribution is 7.10. The van der Waals surface area contributed by atoms with Crippen LogP contribution in [-0.2, 0) is 10.3 Å². The molecule has 2 N–H and O–H groups in total. The summed E-state index contributed by atoms with van der Waals surface area (Å²) in [5.74, 6) is -0.424. The number of rotatable bonds is 2. The van der Waals surface area contributed by atoms with Crippen LogP contribution in [-0.4, -0.2) is 18.1 Å². The number of carbonyl (C=O) groups excluding carboxylic acids is 1. The van der Waals surface area contributed by atoms with Crippen LogP contribution >= 0.6 is 11.3 Å². The fraction of sp³-hybridized carbons (Fsp3) is 0.500. The Bertz CT molecular complexity index is 314. The standard InChI is InChI=1S/C8H12N2O2S/c1-8(2,9)7-10-5(4-13-7)6(11)12-3/h4H,9H2,1-3H3. The van der Waals surface area contributed by atoms with Crippen LogP contribution in [0.2, 0.25) is 0 Å². The zero-order valence-electron chi connectivity index (χ0n) is 7.83. The Morgan fingerprint density at radius 3 is 2.69 bits per heavy atom.